The third kappa shape index (κ3) is 6.45. The zero-order valence-corrected chi connectivity index (χ0v) is 15.4. The molecule has 0 bridgehead atoms. The van der Waals surface area contributed by atoms with Gasteiger partial charge in [0.05, 0.1) is 0 Å². The summed E-state index contributed by atoms with van der Waals surface area (Å²) < 4.78 is -4.75. The Bertz CT molecular complexity index is 649. The molecule has 0 aliphatic carbocycles. The zero-order valence-electron chi connectivity index (χ0n) is 10.8. The van der Waals surface area contributed by atoms with Crippen molar-refractivity contribution in [2.24, 2.45) is 4.99 Å². The molecule has 0 spiro atoms. The summed E-state index contributed by atoms with van der Waals surface area (Å²) in [5.74, 6) is -3.55. The molecule has 0 saturated heterocycles. The molecule has 0 fully saturated rings. The third-order valence-electron chi connectivity index (χ3n) is 2.20. The van der Waals surface area contributed by atoms with Crippen LogP contribution in [0.1, 0.15) is 5.56 Å². The van der Waals surface area contributed by atoms with Crippen molar-refractivity contribution in [1.82, 2.24) is 5.32 Å². The fraction of sp³-hybridized carbons (Fsp3) is 0.167. The van der Waals surface area contributed by atoms with E-state index in [1.165, 1.54) is 12.1 Å². The van der Waals surface area contributed by atoms with Gasteiger partial charge in [0, 0.05) is 5.56 Å². The predicted molar refractivity (Wildman–Crippen MR) is 91.7 cm³/mol. The van der Waals surface area contributed by atoms with Gasteiger partial charge in [-0.2, -0.15) is 0 Å². The van der Waals surface area contributed by atoms with Gasteiger partial charge in [0.25, 0.3) is 25.3 Å². The molecule has 1 N–H and O–H groups in total. The maximum Gasteiger partial charge on any atom is 0.298 e. The Morgan fingerprint density at radius 1 is 0.870 bits per heavy atom. The average molecular weight is 439 g/mol. The molecule has 3 amide bonds. The molecule has 0 aliphatic rings. The molecule has 1 aromatic rings. The van der Waals surface area contributed by atoms with Crippen molar-refractivity contribution in [3.63, 3.8) is 0 Å². The molecule has 0 heterocycles. The predicted octanol–water partition coefficient (Wildman–Crippen LogP) is 3.39. The molecule has 11 heteroatoms. The van der Waals surface area contributed by atoms with Crippen LogP contribution in [0.5, 0.6) is 0 Å². The zero-order chi connectivity index (χ0) is 17.8. The van der Waals surface area contributed by atoms with E-state index in [0.29, 0.717) is 0 Å². The van der Waals surface area contributed by atoms with E-state index in [1.54, 1.807) is 23.5 Å². The van der Waals surface area contributed by atoms with Gasteiger partial charge in [0.1, 0.15) is 5.71 Å². The van der Waals surface area contributed by atoms with E-state index >= 15 is 0 Å². The van der Waals surface area contributed by atoms with Crippen LogP contribution in [0.3, 0.4) is 0 Å². The van der Waals surface area contributed by atoms with E-state index in [2.05, 4.69) is 4.99 Å². The first-order chi connectivity index (χ1) is 10.4. The lowest BCUT2D eigenvalue weighted by molar-refractivity contribution is -0.127. The molecule has 1 rings (SSSR count). The van der Waals surface area contributed by atoms with Gasteiger partial charge in [-0.3, -0.25) is 19.7 Å². The summed E-state index contributed by atoms with van der Waals surface area (Å²) in [4.78, 5) is 38.8. The van der Waals surface area contributed by atoms with Crippen LogP contribution in [0.25, 0.3) is 0 Å². The monoisotopic (exact) mass is 436 g/mol. The Morgan fingerprint density at radius 3 is 1.83 bits per heavy atom. The summed E-state index contributed by atoms with van der Waals surface area (Å²) in [6.07, 6.45) is 0. The molecule has 0 aromatic heterocycles. The minimum atomic E-state index is -2.38. The van der Waals surface area contributed by atoms with Gasteiger partial charge >= 0.3 is 0 Å². The van der Waals surface area contributed by atoms with Crippen molar-refractivity contribution in [2.45, 2.75) is 7.59 Å². The molecule has 0 atom stereocenters. The third-order valence-corrected chi connectivity index (χ3v) is 3.20. The lowest BCUT2D eigenvalue weighted by Crippen LogP contribution is -2.43. The van der Waals surface area contributed by atoms with Crippen molar-refractivity contribution in [2.75, 3.05) is 0 Å². The van der Waals surface area contributed by atoms with E-state index in [4.69, 9.17) is 69.6 Å². The highest BCUT2D eigenvalue weighted by Gasteiger charge is 2.35. The Hall–Kier alpha value is -0.560. The molecule has 0 radical (unpaired) electrons. The van der Waals surface area contributed by atoms with Crippen LogP contribution < -0.4 is 5.32 Å². The minimum absolute atomic E-state index is 0.185. The number of nitrogens with one attached hydrogen (secondary N) is 1. The molecular formula is C12H6Cl6N2O3. The molecule has 124 valence electrons. The van der Waals surface area contributed by atoms with E-state index in [-0.39, 0.29) is 5.56 Å². The Morgan fingerprint density at radius 2 is 1.39 bits per heavy atom. The summed E-state index contributed by atoms with van der Waals surface area (Å²) in [5, 5.41) is 1.79. The fourth-order valence-electron chi connectivity index (χ4n) is 1.24. The Balaban J connectivity index is 3.21. The Kier molecular flexibility index (Phi) is 7.13. The molecule has 0 aliphatic heterocycles. The van der Waals surface area contributed by atoms with E-state index in [9.17, 15) is 14.4 Å². The highest BCUT2D eigenvalue weighted by atomic mass is 35.6. The van der Waals surface area contributed by atoms with Crippen LogP contribution in [0.4, 0.5) is 0 Å². The molecule has 5 nitrogen and oxygen atoms in total. The number of halogens is 6. The van der Waals surface area contributed by atoms with Crippen LogP contribution in [-0.4, -0.2) is 31.0 Å². The number of hydrogen-bond acceptors (Lipinski definition) is 3. The number of carbonyl (C=O) groups is 3. The fourth-order valence-corrected chi connectivity index (χ4v) is 1.51. The number of benzene rings is 1. The quantitative estimate of drug-likeness (QED) is 0.568. The van der Waals surface area contributed by atoms with Gasteiger partial charge in [-0.25, -0.2) is 4.99 Å². The number of amides is 3. The summed E-state index contributed by atoms with van der Waals surface area (Å²) in [7, 11) is 0. The van der Waals surface area contributed by atoms with E-state index in [0.717, 1.165) is 0 Å². The average Bonchev–Trinajstić information content (AvgIpc) is 2.43. The van der Waals surface area contributed by atoms with Crippen molar-refractivity contribution < 1.29 is 14.4 Å². The van der Waals surface area contributed by atoms with Crippen LogP contribution in [0.2, 0.25) is 0 Å². The van der Waals surface area contributed by atoms with E-state index < -0.39 is 31.0 Å². The van der Waals surface area contributed by atoms with Gasteiger partial charge in [0.15, 0.2) is 0 Å². The first kappa shape index (κ1) is 20.5. The first-order valence-corrected chi connectivity index (χ1v) is 7.87. The number of imide groups is 1. The standard InChI is InChI=1S/C12H6Cl6N2O3/c13-11(14,15)9(22)19-7(6-4-2-1-3-5-6)8(21)20-10(23)12(16,17)18/h1-5H,(H,20,21,23). The van der Waals surface area contributed by atoms with Crippen molar-refractivity contribution in [1.29, 1.82) is 0 Å². The lowest BCUT2D eigenvalue weighted by Gasteiger charge is -2.12. The van der Waals surface area contributed by atoms with Gasteiger partial charge in [-0.05, 0) is 0 Å². The van der Waals surface area contributed by atoms with Crippen molar-refractivity contribution >= 4 is 93.0 Å². The number of alkyl halides is 6. The minimum Gasteiger partial charge on any atom is -0.287 e. The number of aliphatic imine (C=N–C) groups is 1. The lowest BCUT2D eigenvalue weighted by atomic mass is 10.1. The van der Waals surface area contributed by atoms with Gasteiger partial charge in [-0.15, -0.1) is 0 Å². The van der Waals surface area contributed by atoms with Gasteiger partial charge in [-0.1, -0.05) is 99.9 Å². The largest absolute Gasteiger partial charge is 0.298 e. The SMILES string of the molecule is O=C(NC(=O)C(Cl)(Cl)Cl)C(=NC(=O)C(Cl)(Cl)Cl)c1ccccc1. The molecule has 1 aromatic carbocycles. The molecular weight excluding hydrogens is 433 g/mol. The number of nitrogens with zero attached hydrogens (tertiary/aromatic N) is 1. The van der Waals surface area contributed by atoms with Crippen LogP contribution in [0.15, 0.2) is 35.3 Å². The van der Waals surface area contributed by atoms with Crippen molar-refractivity contribution in [3.05, 3.63) is 35.9 Å². The second-order valence-electron chi connectivity index (χ2n) is 3.91. The van der Waals surface area contributed by atoms with Crippen LogP contribution in [0, 0.1) is 0 Å². The number of carbonyl (C=O) groups excluding carboxylic acids is 3. The number of rotatable bonds is 2. The second kappa shape index (κ2) is 8.01. The van der Waals surface area contributed by atoms with Crippen LogP contribution >= 0.6 is 69.6 Å². The highest BCUT2D eigenvalue weighted by Crippen LogP contribution is 2.28. The molecule has 23 heavy (non-hydrogen) atoms. The smallest absolute Gasteiger partial charge is 0.287 e. The maximum atomic E-state index is 12.1. The molecule has 0 saturated carbocycles. The summed E-state index contributed by atoms with van der Waals surface area (Å²) >= 11 is 32.3. The maximum absolute atomic E-state index is 12.1. The number of hydrogen-bond donors (Lipinski definition) is 1. The second-order valence-corrected chi connectivity index (χ2v) is 8.47. The normalized spacial score (nSPS) is 12.7. The molecule has 0 unspecified atom stereocenters. The van der Waals surface area contributed by atoms with Crippen molar-refractivity contribution in [3.8, 4) is 0 Å². The summed E-state index contributed by atoms with van der Waals surface area (Å²) in [6.45, 7) is 0. The van der Waals surface area contributed by atoms with E-state index in [1.807, 2.05) is 0 Å². The Labute approximate surface area is 160 Å². The van der Waals surface area contributed by atoms with Crippen LogP contribution in [-0.2, 0) is 14.4 Å². The van der Waals surface area contributed by atoms with Gasteiger partial charge in [0.2, 0.25) is 0 Å². The summed E-state index contributed by atoms with van der Waals surface area (Å²) in [5.41, 5.74) is -0.297. The van der Waals surface area contributed by atoms with Gasteiger partial charge < -0.3 is 0 Å². The topological polar surface area (TPSA) is 75.6 Å². The first-order valence-electron chi connectivity index (χ1n) is 5.60. The highest BCUT2D eigenvalue weighted by molar-refractivity contribution is 6.77. The summed E-state index contributed by atoms with van der Waals surface area (Å²) in [6, 6.07) is 7.68.